The highest BCUT2D eigenvalue weighted by molar-refractivity contribution is 7.94. The lowest BCUT2D eigenvalue weighted by Gasteiger charge is -2.07. The minimum absolute atomic E-state index is 0.138. The number of carbonyl (C=O) groups is 1. The van der Waals surface area contributed by atoms with Crippen molar-refractivity contribution in [2.75, 3.05) is 11.3 Å². The number of carbonyl (C=O) groups excluding carboxylic acids is 1. The molecule has 1 fully saturated rings. The average Bonchev–Trinajstić information content (AvgIpc) is 3.49. The molecule has 1 N–H and O–H groups in total. The van der Waals surface area contributed by atoms with Gasteiger partial charge in [-0.2, -0.15) is 4.98 Å². The van der Waals surface area contributed by atoms with Crippen molar-refractivity contribution >= 4 is 33.0 Å². The van der Waals surface area contributed by atoms with Gasteiger partial charge in [0.05, 0.1) is 12.2 Å². The Morgan fingerprint density at radius 3 is 2.70 bits per heavy atom. The number of anilines is 1. The van der Waals surface area contributed by atoms with E-state index in [0.29, 0.717) is 34.4 Å². The number of hydrogen-bond acceptors (Lipinski definition) is 8. The van der Waals surface area contributed by atoms with Crippen molar-refractivity contribution in [3.8, 4) is 11.4 Å². The Bertz CT molecular complexity index is 1130. The van der Waals surface area contributed by atoms with Crippen molar-refractivity contribution in [2.45, 2.75) is 42.7 Å². The van der Waals surface area contributed by atoms with Crippen LogP contribution < -0.4 is 4.72 Å². The number of esters is 1. The molecule has 0 spiro atoms. The van der Waals surface area contributed by atoms with E-state index in [4.69, 9.17) is 9.26 Å². The van der Waals surface area contributed by atoms with Gasteiger partial charge in [0, 0.05) is 22.5 Å². The van der Waals surface area contributed by atoms with Crippen LogP contribution in [0.3, 0.4) is 0 Å². The van der Waals surface area contributed by atoms with Crippen LogP contribution in [-0.4, -0.2) is 31.1 Å². The predicted octanol–water partition coefficient (Wildman–Crippen LogP) is 4.43. The maximum atomic E-state index is 12.7. The normalized spacial score (nSPS) is 14.7. The van der Waals surface area contributed by atoms with Gasteiger partial charge in [0.15, 0.2) is 0 Å². The minimum Gasteiger partial charge on any atom is -0.462 e. The first-order valence-corrected chi connectivity index (χ1v) is 12.0. The number of benzene rings is 1. The van der Waals surface area contributed by atoms with Gasteiger partial charge in [-0.05, 0) is 50.1 Å². The number of aromatic nitrogens is 2. The molecule has 4 rings (SSSR count). The highest BCUT2D eigenvalue weighted by Gasteiger charge is 2.24. The zero-order valence-electron chi connectivity index (χ0n) is 16.3. The Morgan fingerprint density at radius 2 is 2.00 bits per heavy atom. The molecule has 0 amide bonds. The molecule has 2 aromatic heterocycles. The van der Waals surface area contributed by atoms with E-state index in [2.05, 4.69) is 14.9 Å². The molecule has 0 aliphatic heterocycles. The maximum absolute atomic E-state index is 12.7. The third-order valence-corrected chi connectivity index (χ3v) is 7.71. The second kappa shape index (κ2) is 8.57. The van der Waals surface area contributed by atoms with Gasteiger partial charge in [-0.25, -0.2) is 13.2 Å². The van der Waals surface area contributed by atoms with Gasteiger partial charge >= 0.3 is 5.97 Å². The van der Waals surface area contributed by atoms with E-state index in [1.54, 1.807) is 12.3 Å². The van der Waals surface area contributed by atoms with Crippen molar-refractivity contribution in [3.63, 3.8) is 0 Å². The summed E-state index contributed by atoms with van der Waals surface area (Å²) in [6, 6.07) is 7.60. The van der Waals surface area contributed by atoms with E-state index in [1.165, 1.54) is 30.3 Å². The second-order valence-corrected chi connectivity index (χ2v) is 9.82. The molecule has 30 heavy (non-hydrogen) atoms. The Morgan fingerprint density at radius 1 is 1.27 bits per heavy atom. The molecule has 8 nitrogen and oxygen atoms in total. The zero-order valence-corrected chi connectivity index (χ0v) is 18.0. The molecule has 0 unspecified atom stereocenters. The number of sulfonamides is 1. The molecule has 0 atom stereocenters. The van der Waals surface area contributed by atoms with Gasteiger partial charge in [-0.3, -0.25) is 4.72 Å². The molecular weight excluding hydrogens is 426 g/mol. The first-order chi connectivity index (χ1) is 14.5. The fourth-order valence-corrected chi connectivity index (χ4v) is 5.58. The van der Waals surface area contributed by atoms with E-state index >= 15 is 0 Å². The summed E-state index contributed by atoms with van der Waals surface area (Å²) in [5.74, 6) is 0.866. The standard InChI is InChI=1S/C20H21N3O5S2/c1-2-27-20(24)14-7-9-16(10-8-14)23-30(25,26)17-11-15(12-29-17)18-21-19(28-22-18)13-5-3-4-6-13/h7-13,23H,2-6H2,1H3. The quantitative estimate of drug-likeness (QED) is 0.533. The first kappa shape index (κ1) is 20.5. The van der Waals surface area contributed by atoms with Crippen LogP contribution in [0.15, 0.2) is 44.4 Å². The number of thiophene rings is 1. The second-order valence-electron chi connectivity index (χ2n) is 7.00. The molecule has 3 aromatic rings. The smallest absolute Gasteiger partial charge is 0.338 e. The Hall–Kier alpha value is -2.72. The average molecular weight is 448 g/mol. The number of hydrogen-bond donors (Lipinski definition) is 1. The molecule has 0 saturated heterocycles. The fraction of sp³-hybridized carbons (Fsp3) is 0.350. The van der Waals surface area contributed by atoms with E-state index in [1.807, 2.05) is 0 Å². The van der Waals surface area contributed by atoms with Gasteiger partial charge in [0.1, 0.15) is 4.21 Å². The van der Waals surface area contributed by atoms with E-state index in [0.717, 1.165) is 37.0 Å². The molecule has 0 bridgehead atoms. The molecular formula is C20H21N3O5S2. The van der Waals surface area contributed by atoms with Crippen LogP contribution in [0.4, 0.5) is 5.69 Å². The highest BCUT2D eigenvalue weighted by atomic mass is 32.2. The van der Waals surface area contributed by atoms with Gasteiger partial charge in [0.2, 0.25) is 11.7 Å². The summed E-state index contributed by atoms with van der Waals surface area (Å²) in [5, 5.41) is 5.71. The zero-order chi connectivity index (χ0) is 21.1. The molecule has 2 heterocycles. The van der Waals surface area contributed by atoms with Gasteiger partial charge in [-0.15, -0.1) is 11.3 Å². The van der Waals surface area contributed by atoms with E-state index in [-0.39, 0.29) is 10.8 Å². The molecule has 158 valence electrons. The van der Waals surface area contributed by atoms with Gasteiger partial charge in [0.25, 0.3) is 10.0 Å². The molecule has 0 radical (unpaired) electrons. The minimum atomic E-state index is -3.79. The number of nitrogens with one attached hydrogen (secondary N) is 1. The van der Waals surface area contributed by atoms with Crippen molar-refractivity contribution in [2.24, 2.45) is 0 Å². The van der Waals surface area contributed by atoms with Crippen LogP contribution in [0.25, 0.3) is 11.4 Å². The van der Waals surface area contributed by atoms with Crippen LogP contribution in [0.5, 0.6) is 0 Å². The lowest BCUT2D eigenvalue weighted by atomic mass is 10.1. The van der Waals surface area contributed by atoms with Crippen molar-refractivity contribution in [1.29, 1.82) is 0 Å². The molecule has 1 saturated carbocycles. The van der Waals surface area contributed by atoms with Crippen LogP contribution >= 0.6 is 11.3 Å². The monoisotopic (exact) mass is 447 g/mol. The predicted molar refractivity (Wildman–Crippen MR) is 112 cm³/mol. The third-order valence-electron chi connectivity index (χ3n) is 4.89. The van der Waals surface area contributed by atoms with E-state index < -0.39 is 16.0 Å². The summed E-state index contributed by atoms with van der Waals surface area (Å²) in [7, 11) is -3.79. The van der Waals surface area contributed by atoms with Crippen LogP contribution in [-0.2, 0) is 14.8 Å². The topological polar surface area (TPSA) is 111 Å². The summed E-state index contributed by atoms with van der Waals surface area (Å²) >= 11 is 1.08. The van der Waals surface area contributed by atoms with Crippen molar-refractivity contribution < 1.29 is 22.5 Å². The Labute approximate surface area is 178 Å². The highest BCUT2D eigenvalue weighted by Crippen LogP contribution is 2.35. The summed E-state index contributed by atoms with van der Waals surface area (Å²) in [4.78, 5) is 16.2. The third kappa shape index (κ3) is 4.39. The fourth-order valence-electron chi connectivity index (χ4n) is 3.36. The molecule has 1 aromatic carbocycles. The SMILES string of the molecule is CCOC(=O)c1ccc(NS(=O)(=O)c2cc(-c3noc(C4CCCC4)n3)cs2)cc1. The first-order valence-electron chi connectivity index (χ1n) is 9.69. The lowest BCUT2D eigenvalue weighted by molar-refractivity contribution is 0.0526. The Kier molecular flexibility index (Phi) is 5.87. The maximum Gasteiger partial charge on any atom is 0.338 e. The van der Waals surface area contributed by atoms with Gasteiger partial charge in [-0.1, -0.05) is 18.0 Å². The molecule has 1 aliphatic rings. The Balaban J connectivity index is 1.47. The summed E-state index contributed by atoms with van der Waals surface area (Å²) in [6.45, 7) is 2.00. The van der Waals surface area contributed by atoms with Crippen molar-refractivity contribution in [1.82, 2.24) is 10.1 Å². The molecule has 10 heteroatoms. The summed E-state index contributed by atoms with van der Waals surface area (Å²) in [5.41, 5.74) is 1.31. The summed E-state index contributed by atoms with van der Waals surface area (Å²) in [6.07, 6.45) is 4.42. The number of ether oxygens (including phenoxy) is 1. The molecule has 1 aliphatic carbocycles. The largest absolute Gasteiger partial charge is 0.462 e. The van der Waals surface area contributed by atoms with Crippen LogP contribution in [0, 0.1) is 0 Å². The lowest BCUT2D eigenvalue weighted by Crippen LogP contribution is -2.12. The van der Waals surface area contributed by atoms with Crippen molar-refractivity contribution in [3.05, 3.63) is 47.2 Å². The van der Waals surface area contributed by atoms with Crippen LogP contribution in [0.1, 0.15) is 54.8 Å². The van der Waals surface area contributed by atoms with Crippen LogP contribution in [0.2, 0.25) is 0 Å². The summed E-state index contributed by atoms with van der Waals surface area (Å²) < 4.78 is 38.4. The number of nitrogens with zero attached hydrogens (tertiary/aromatic N) is 2. The van der Waals surface area contributed by atoms with E-state index in [9.17, 15) is 13.2 Å². The number of rotatable bonds is 7. The van der Waals surface area contributed by atoms with Gasteiger partial charge < -0.3 is 9.26 Å².